The van der Waals surface area contributed by atoms with Crippen LogP contribution in [0.4, 0.5) is 0 Å². The predicted octanol–water partition coefficient (Wildman–Crippen LogP) is 0.114. The predicted molar refractivity (Wildman–Crippen MR) is 48.9 cm³/mol. The fourth-order valence-electron chi connectivity index (χ4n) is 1.72. The number of fused-ring (bicyclic) bond motifs is 3. The molecular formula is C8H9N5. The van der Waals surface area contributed by atoms with Crippen LogP contribution >= 0.6 is 0 Å². The molecule has 5 nitrogen and oxygen atoms in total. The lowest BCUT2D eigenvalue weighted by Crippen LogP contribution is -2.32. The molecule has 0 saturated heterocycles. The van der Waals surface area contributed by atoms with E-state index in [1.54, 1.807) is 12.5 Å². The summed E-state index contributed by atoms with van der Waals surface area (Å²) in [6, 6.07) is 0.0741. The highest BCUT2D eigenvalue weighted by atomic mass is 15.3. The Hall–Kier alpha value is -1.65. The summed E-state index contributed by atoms with van der Waals surface area (Å²) in [4.78, 5) is 15.0. The number of hydrogen-bond donors (Lipinski definition) is 0. The fourth-order valence-corrected chi connectivity index (χ4v) is 1.72. The molecule has 5 heteroatoms. The molecule has 0 amide bonds. The number of aliphatic imine (C=N–C) groups is 2. The van der Waals surface area contributed by atoms with Gasteiger partial charge in [-0.15, -0.1) is 0 Å². The average molecular weight is 175 g/mol. The van der Waals surface area contributed by atoms with Crippen molar-refractivity contribution in [1.82, 2.24) is 14.5 Å². The summed E-state index contributed by atoms with van der Waals surface area (Å²) >= 11 is 0. The Morgan fingerprint density at radius 2 is 2.23 bits per heavy atom. The van der Waals surface area contributed by atoms with Gasteiger partial charge < -0.3 is 4.90 Å². The van der Waals surface area contributed by atoms with Crippen LogP contribution in [0.25, 0.3) is 0 Å². The van der Waals surface area contributed by atoms with Crippen LogP contribution < -0.4 is 0 Å². The zero-order valence-corrected chi connectivity index (χ0v) is 7.20. The Bertz CT molecular complexity index is 391. The van der Waals surface area contributed by atoms with E-state index >= 15 is 0 Å². The molecule has 2 unspecified atom stereocenters. The van der Waals surface area contributed by atoms with Crippen LogP contribution in [-0.4, -0.2) is 40.3 Å². The van der Waals surface area contributed by atoms with Gasteiger partial charge in [-0.1, -0.05) is 0 Å². The molecule has 0 bridgehead atoms. The van der Waals surface area contributed by atoms with Crippen LogP contribution in [-0.2, 0) is 0 Å². The van der Waals surface area contributed by atoms with Crippen molar-refractivity contribution in [2.45, 2.75) is 12.2 Å². The second-order valence-electron chi connectivity index (χ2n) is 3.25. The Morgan fingerprint density at radius 3 is 3.15 bits per heavy atom. The molecule has 0 spiro atoms. The second-order valence-corrected chi connectivity index (χ2v) is 3.25. The molecule has 3 heterocycles. The number of rotatable bonds is 0. The quantitative estimate of drug-likeness (QED) is 0.562. The van der Waals surface area contributed by atoms with Gasteiger partial charge in [-0.2, -0.15) is 0 Å². The molecule has 2 aliphatic heterocycles. The van der Waals surface area contributed by atoms with Crippen molar-refractivity contribution in [1.29, 1.82) is 0 Å². The van der Waals surface area contributed by atoms with Gasteiger partial charge in [0, 0.05) is 19.4 Å². The zero-order chi connectivity index (χ0) is 8.84. The summed E-state index contributed by atoms with van der Waals surface area (Å²) in [6.45, 7) is 0. The first-order chi connectivity index (χ1) is 6.36. The molecule has 2 aliphatic rings. The van der Waals surface area contributed by atoms with E-state index in [-0.39, 0.29) is 12.2 Å². The monoisotopic (exact) mass is 175 g/mol. The van der Waals surface area contributed by atoms with E-state index in [2.05, 4.69) is 15.0 Å². The largest absolute Gasteiger partial charge is 0.342 e. The topological polar surface area (TPSA) is 45.8 Å². The minimum Gasteiger partial charge on any atom is -0.342 e. The van der Waals surface area contributed by atoms with Crippen molar-refractivity contribution in [2.75, 3.05) is 7.05 Å². The van der Waals surface area contributed by atoms with Gasteiger partial charge in [-0.25, -0.2) is 9.98 Å². The Labute approximate surface area is 75.4 Å². The van der Waals surface area contributed by atoms with E-state index in [4.69, 9.17) is 0 Å². The van der Waals surface area contributed by atoms with Crippen molar-refractivity contribution in [2.24, 2.45) is 9.98 Å². The maximum atomic E-state index is 4.38. The molecule has 1 aromatic heterocycles. The first-order valence-electron chi connectivity index (χ1n) is 4.17. The summed E-state index contributed by atoms with van der Waals surface area (Å²) in [5, 5.41) is 0. The van der Waals surface area contributed by atoms with Crippen LogP contribution in [0.3, 0.4) is 0 Å². The Kier molecular flexibility index (Phi) is 1.15. The standard InChI is InChI=1S/C8H9N5/c1-12-4-10-6-7(12)11-5-13-3-2-9-8(6)13/h2-7H,1H3. The molecular weight excluding hydrogens is 166 g/mol. The SMILES string of the molecule is CN1C=NC2c3nccn3C=NC21. The van der Waals surface area contributed by atoms with E-state index in [1.807, 2.05) is 29.1 Å². The minimum absolute atomic E-state index is 0.0741. The molecule has 0 radical (unpaired) electrons. The summed E-state index contributed by atoms with van der Waals surface area (Å²) in [5.41, 5.74) is 0. The maximum absolute atomic E-state index is 4.38. The summed E-state index contributed by atoms with van der Waals surface area (Å²) in [7, 11) is 1.98. The number of nitrogens with zero attached hydrogens (tertiary/aromatic N) is 5. The summed E-state index contributed by atoms with van der Waals surface area (Å²) in [5.74, 6) is 0.973. The van der Waals surface area contributed by atoms with Crippen LogP contribution in [0, 0.1) is 0 Å². The fraction of sp³-hybridized carbons (Fsp3) is 0.375. The molecule has 66 valence electrons. The Balaban J connectivity index is 2.12. The first kappa shape index (κ1) is 6.82. The van der Waals surface area contributed by atoms with Gasteiger partial charge in [0.25, 0.3) is 0 Å². The van der Waals surface area contributed by atoms with Crippen molar-refractivity contribution < 1.29 is 0 Å². The normalized spacial score (nSPS) is 29.2. The number of aromatic nitrogens is 2. The molecule has 13 heavy (non-hydrogen) atoms. The molecule has 0 N–H and O–H groups in total. The van der Waals surface area contributed by atoms with E-state index in [0.717, 1.165) is 5.82 Å². The highest BCUT2D eigenvalue weighted by Gasteiger charge is 2.34. The van der Waals surface area contributed by atoms with Gasteiger partial charge in [0.15, 0.2) is 12.2 Å². The first-order valence-corrected chi connectivity index (χ1v) is 4.17. The van der Waals surface area contributed by atoms with E-state index in [0.29, 0.717) is 0 Å². The summed E-state index contributed by atoms with van der Waals surface area (Å²) < 4.78 is 1.91. The molecule has 0 aromatic carbocycles. The van der Waals surface area contributed by atoms with Gasteiger partial charge in [-0.3, -0.25) is 9.56 Å². The highest BCUT2D eigenvalue weighted by Crippen LogP contribution is 2.29. The van der Waals surface area contributed by atoms with Crippen LogP contribution in [0.5, 0.6) is 0 Å². The molecule has 0 aliphatic carbocycles. The smallest absolute Gasteiger partial charge is 0.153 e. The van der Waals surface area contributed by atoms with Crippen LogP contribution in [0.15, 0.2) is 22.4 Å². The van der Waals surface area contributed by atoms with Gasteiger partial charge in [0.2, 0.25) is 0 Å². The van der Waals surface area contributed by atoms with Gasteiger partial charge in [-0.05, 0) is 0 Å². The van der Waals surface area contributed by atoms with Crippen LogP contribution in [0.1, 0.15) is 11.9 Å². The maximum Gasteiger partial charge on any atom is 0.153 e. The van der Waals surface area contributed by atoms with Crippen molar-refractivity contribution >= 4 is 12.7 Å². The third-order valence-electron chi connectivity index (χ3n) is 2.42. The molecule has 0 fully saturated rings. The lowest BCUT2D eigenvalue weighted by atomic mass is 10.2. The number of likely N-dealkylation sites (N-methyl/N-ethyl adjacent to an activating group) is 1. The molecule has 1 aromatic rings. The molecule has 3 rings (SSSR count). The number of imidazole rings is 1. The lowest BCUT2D eigenvalue weighted by Gasteiger charge is -2.23. The van der Waals surface area contributed by atoms with Crippen molar-refractivity contribution in [3.63, 3.8) is 0 Å². The zero-order valence-electron chi connectivity index (χ0n) is 7.20. The van der Waals surface area contributed by atoms with E-state index < -0.39 is 0 Å². The molecule has 2 atom stereocenters. The van der Waals surface area contributed by atoms with E-state index in [9.17, 15) is 0 Å². The van der Waals surface area contributed by atoms with Crippen molar-refractivity contribution in [3.8, 4) is 0 Å². The third-order valence-corrected chi connectivity index (χ3v) is 2.42. The second kappa shape index (κ2) is 2.18. The van der Waals surface area contributed by atoms with Crippen LogP contribution in [0.2, 0.25) is 0 Å². The van der Waals surface area contributed by atoms with Gasteiger partial charge >= 0.3 is 0 Å². The van der Waals surface area contributed by atoms with Crippen molar-refractivity contribution in [3.05, 3.63) is 18.2 Å². The molecule has 0 saturated carbocycles. The minimum atomic E-state index is 0.0741. The van der Waals surface area contributed by atoms with Gasteiger partial charge in [0.1, 0.15) is 5.82 Å². The number of hydrogen-bond acceptors (Lipinski definition) is 4. The Morgan fingerprint density at radius 1 is 1.31 bits per heavy atom. The lowest BCUT2D eigenvalue weighted by molar-refractivity contribution is 0.356. The summed E-state index contributed by atoms with van der Waals surface area (Å²) in [6.07, 6.45) is 7.39. The van der Waals surface area contributed by atoms with E-state index in [1.165, 1.54) is 0 Å². The average Bonchev–Trinajstić information content (AvgIpc) is 2.70. The van der Waals surface area contributed by atoms with Gasteiger partial charge in [0.05, 0.1) is 12.7 Å². The highest BCUT2D eigenvalue weighted by molar-refractivity contribution is 5.66. The third kappa shape index (κ3) is 0.783.